The Morgan fingerprint density at radius 2 is 2.17 bits per heavy atom. The van der Waals surface area contributed by atoms with E-state index < -0.39 is 0 Å². The lowest BCUT2D eigenvalue weighted by Gasteiger charge is -2.32. The molecule has 128 valence electrons. The molecule has 2 heterocycles. The third-order valence-electron chi connectivity index (χ3n) is 4.43. The van der Waals surface area contributed by atoms with E-state index in [9.17, 15) is 4.79 Å². The van der Waals surface area contributed by atoms with Gasteiger partial charge in [0, 0.05) is 38.5 Å². The van der Waals surface area contributed by atoms with Gasteiger partial charge >= 0.3 is 6.03 Å². The number of aromatic nitrogens is 2. The summed E-state index contributed by atoms with van der Waals surface area (Å²) in [5, 5.41) is 5.81. The third-order valence-corrected chi connectivity index (χ3v) is 4.43. The van der Waals surface area contributed by atoms with E-state index in [2.05, 4.69) is 27.8 Å². The molecule has 6 nitrogen and oxygen atoms in total. The molecule has 2 atom stereocenters. The van der Waals surface area contributed by atoms with Crippen LogP contribution in [-0.2, 0) is 18.3 Å². The summed E-state index contributed by atoms with van der Waals surface area (Å²) >= 11 is 0. The molecule has 0 aliphatic carbocycles. The number of imidazole rings is 1. The summed E-state index contributed by atoms with van der Waals surface area (Å²) in [4.78, 5) is 16.2. The molecule has 0 bridgehead atoms. The van der Waals surface area contributed by atoms with Crippen LogP contribution in [0.25, 0.3) is 0 Å². The fourth-order valence-corrected chi connectivity index (χ4v) is 3.08. The number of hydrogen-bond donors (Lipinski definition) is 2. The number of nitrogens with zero attached hydrogens (tertiary/aromatic N) is 2. The van der Waals surface area contributed by atoms with E-state index in [0.29, 0.717) is 19.0 Å². The number of carbonyl (C=O) groups excluding carboxylic acids is 1. The summed E-state index contributed by atoms with van der Waals surface area (Å²) in [6.45, 7) is 1.80. The zero-order valence-corrected chi connectivity index (χ0v) is 13.9. The summed E-state index contributed by atoms with van der Waals surface area (Å²) < 4.78 is 7.85. The normalized spacial score (nSPS) is 20.5. The van der Waals surface area contributed by atoms with E-state index >= 15 is 0 Å². The maximum atomic E-state index is 12.0. The zero-order valence-electron chi connectivity index (χ0n) is 13.9. The first-order valence-electron chi connectivity index (χ1n) is 8.38. The number of aryl methyl sites for hydroxylation is 1. The Morgan fingerprint density at radius 3 is 2.92 bits per heavy atom. The number of urea groups is 1. The molecule has 1 aromatic carbocycles. The van der Waals surface area contributed by atoms with Crippen LogP contribution in [0.3, 0.4) is 0 Å². The highest BCUT2D eigenvalue weighted by Gasteiger charge is 2.27. The number of carbonyl (C=O) groups is 1. The second kappa shape index (κ2) is 7.97. The average molecular weight is 328 g/mol. The van der Waals surface area contributed by atoms with Gasteiger partial charge in [0.25, 0.3) is 0 Å². The van der Waals surface area contributed by atoms with Crippen molar-refractivity contribution in [2.75, 3.05) is 13.2 Å². The van der Waals surface area contributed by atoms with Crippen molar-refractivity contribution in [2.24, 2.45) is 13.0 Å². The van der Waals surface area contributed by atoms with E-state index in [1.807, 2.05) is 36.0 Å². The Morgan fingerprint density at radius 1 is 1.33 bits per heavy atom. The molecule has 2 N–H and O–H groups in total. The second-order valence-corrected chi connectivity index (χ2v) is 6.12. The van der Waals surface area contributed by atoms with Gasteiger partial charge in [0.1, 0.15) is 5.82 Å². The van der Waals surface area contributed by atoms with Crippen LogP contribution in [0.4, 0.5) is 4.79 Å². The zero-order chi connectivity index (χ0) is 16.8. The van der Waals surface area contributed by atoms with E-state index in [-0.39, 0.29) is 12.1 Å². The van der Waals surface area contributed by atoms with Crippen molar-refractivity contribution >= 4 is 6.03 Å². The lowest BCUT2D eigenvalue weighted by Crippen LogP contribution is -2.40. The lowest BCUT2D eigenvalue weighted by atomic mass is 9.89. The molecule has 1 saturated heterocycles. The molecule has 0 spiro atoms. The van der Waals surface area contributed by atoms with Gasteiger partial charge in [-0.2, -0.15) is 0 Å². The van der Waals surface area contributed by atoms with Crippen molar-refractivity contribution in [1.29, 1.82) is 0 Å². The summed E-state index contributed by atoms with van der Waals surface area (Å²) in [7, 11) is 1.91. The first kappa shape index (κ1) is 16.5. The topological polar surface area (TPSA) is 68.2 Å². The number of ether oxygens (including phenoxy) is 1. The van der Waals surface area contributed by atoms with Gasteiger partial charge in [-0.3, -0.25) is 0 Å². The fraction of sp³-hybridized carbons (Fsp3) is 0.444. The van der Waals surface area contributed by atoms with E-state index in [4.69, 9.17) is 4.74 Å². The van der Waals surface area contributed by atoms with Crippen molar-refractivity contribution in [3.8, 4) is 0 Å². The van der Waals surface area contributed by atoms with Crippen molar-refractivity contribution in [2.45, 2.75) is 25.5 Å². The third kappa shape index (κ3) is 4.14. The van der Waals surface area contributed by atoms with E-state index in [1.165, 1.54) is 5.56 Å². The molecule has 0 saturated carbocycles. The average Bonchev–Trinajstić information content (AvgIpc) is 3.04. The maximum absolute atomic E-state index is 12.0. The van der Waals surface area contributed by atoms with Crippen LogP contribution in [0, 0.1) is 5.92 Å². The Balaban J connectivity index is 1.50. The van der Waals surface area contributed by atoms with Crippen molar-refractivity contribution in [3.05, 3.63) is 54.1 Å². The van der Waals surface area contributed by atoms with Gasteiger partial charge in [0.05, 0.1) is 12.6 Å². The minimum Gasteiger partial charge on any atom is -0.373 e. The summed E-state index contributed by atoms with van der Waals surface area (Å²) in [5.74, 6) is 1.12. The molecule has 0 radical (unpaired) electrons. The standard InChI is InChI=1S/C18H24N4O2/c1-22-10-9-19-16(22)13-21-18(23)20-12-15-8-5-11-24-17(15)14-6-3-2-4-7-14/h2-4,6-7,9-10,15,17H,5,8,11-13H2,1H3,(H2,20,21,23). The highest BCUT2D eigenvalue weighted by molar-refractivity contribution is 5.73. The smallest absolute Gasteiger partial charge is 0.315 e. The van der Waals surface area contributed by atoms with Crippen molar-refractivity contribution in [1.82, 2.24) is 20.2 Å². The summed E-state index contributed by atoms with van der Waals surface area (Å²) in [5.41, 5.74) is 1.18. The largest absolute Gasteiger partial charge is 0.373 e. The monoisotopic (exact) mass is 328 g/mol. The first-order valence-corrected chi connectivity index (χ1v) is 8.38. The van der Waals surface area contributed by atoms with Crippen LogP contribution < -0.4 is 10.6 Å². The molecule has 2 unspecified atom stereocenters. The van der Waals surface area contributed by atoms with Gasteiger partial charge in [-0.1, -0.05) is 30.3 Å². The fourth-order valence-electron chi connectivity index (χ4n) is 3.08. The quantitative estimate of drug-likeness (QED) is 0.885. The van der Waals surface area contributed by atoms with Crippen LogP contribution in [0.5, 0.6) is 0 Å². The molecule has 24 heavy (non-hydrogen) atoms. The molecule has 1 aliphatic rings. The molecule has 3 rings (SSSR count). The molecule has 6 heteroatoms. The van der Waals surface area contributed by atoms with Crippen LogP contribution >= 0.6 is 0 Å². The molecule has 2 amide bonds. The van der Waals surface area contributed by atoms with Gasteiger partial charge in [-0.15, -0.1) is 0 Å². The number of rotatable bonds is 5. The maximum Gasteiger partial charge on any atom is 0.315 e. The van der Waals surface area contributed by atoms with Gasteiger partial charge in [-0.25, -0.2) is 9.78 Å². The van der Waals surface area contributed by atoms with Crippen LogP contribution in [-0.4, -0.2) is 28.7 Å². The van der Waals surface area contributed by atoms with Crippen LogP contribution in [0.2, 0.25) is 0 Å². The Labute approximate surface area is 142 Å². The van der Waals surface area contributed by atoms with Crippen molar-refractivity contribution in [3.63, 3.8) is 0 Å². The predicted octanol–water partition coefficient (Wildman–Crippen LogP) is 2.39. The minimum atomic E-state index is -0.171. The van der Waals surface area contributed by atoms with E-state index in [1.54, 1.807) is 6.20 Å². The molecular formula is C18H24N4O2. The number of benzene rings is 1. The van der Waals surface area contributed by atoms with Crippen LogP contribution in [0.1, 0.15) is 30.3 Å². The molecule has 2 aromatic rings. The SMILES string of the molecule is Cn1ccnc1CNC(=O)NCC1CCCOC1c1ccccc1. The first-order chi connectivity index (χ1) is 11.7. The lowest BCUT2D eigenvalue weighted by molar-refractivity contribution is -0.0269. The van der Waals surface area contributed by atoms with Gasteiger partial charge in [-0.05, 0) is 18.4 Å². The Kier molecular flexibility index (Phi) is 5.48. The predicted molar refractivity (Wildman–Crippen MR) is 91.3 cm³/mol. The van der Waals surface area contributed by atoms with Crippen LogP contribution in [0.15, 0.2) is 42.7 Å². The van der Waals surface area contributed by atoms with E-state index in [0.717, 1.165) is 25.3 Å². The van der Waals surface area contributed by atoms with Gasteiger partial charge in [0.2, 0.25) is 0 Å². The number of amides is 2. The second-order valence-electron chi connectivity index (χ2n) is 6.12. The summed E-state index contributed by atoms with van der Waals surface area (Å²) in [6, 6.07) is 10.1. The summed E-state index contributed by atoms with van der Waals surface area (Å²) in [6.07, 6.45) is 5.72. The van der Waals surface area contributed by atoms with Crippen molar-refractivity contribution < 1.29 is 9.53 Å². The number of nitrogens with one attached hydrogen (secondary N) is 2. The highest BCUT2D eigenvalue weighted by Crippen LogP contribution is 2.32. The number of hydrogen-bond acceptors (Lipinski definition) is 3. The molecular weight excluding hydrogens is 304 g/mol. The van der Waals surface area contributed by atoms with Gasteiger partial charge < -0.3 is 19.9 Å². The minimum absolute atomic E-state index is 0.0507. The Bertz CT molecular complexity index is 656. The molecule has 1 fully saturated rings. The van der Waals surface area contributed by atoms with Gasteiger partial charge in [0.15, 0.2) is 0 Å². The Hall–Kier alpha value is -2.34. The molecule has 1 aromatic heterocycles. The molecule has 1 aliphatic heterocycles. The highest BCUT2D eigenvalue weighted by atomic mass is 16.5.